The molecular weight excluding hydrogens is 442 g/mol. The molecule has 0 spiro atoms. The lowest BCUT2D eigenvalue weighted by Crippen LogP contribution is -2.21. The van der Waals surface area contributed by atoms with E-state index in [0.717, 1.165) is 0 Å². The molecule has 0 fully saturated rings. The van der Waals surface area contributed by atoms with E-state index in [0.29, 0.717) is 24.5 Å². The van der Waals surface area contributed by atoms with Crippen molar-refractivity contribution in [2.24, 2.45) is 0 Å². The number of rotatable bonds is 0. The highest BCUT2D eigenvalue weighted by Gasteiger charge is 2.44. The van der Waals surface area contributed by atoms with Gasteiger partial charge in [0, 0.05) is 0 Å². The summed E-state index contributed by atoms with van der Waals surface area (Å²) in [4.78, 5) is 3.79. The molecule has 3 heterocycles. The van der Waals surface area contributed by atoms with Crippen LogP contribution < -0.4 is 10.5 Å². The van der Waals surface area contributed by atoms with Gasteiger partial charge in [-0.15, -0.1) is 10.2 Å². The maximum atomic E-state index is 13.6. The van der Waals surface area contributed by atoms with E-state index in [9.17, 15) is 26.3 Å². The van der Waals surface area contributed by atoms with Gasteiger partial charge in [-0.25, -0.2) is 4.98 Å². The molecule has 170 valence electrons. The van der Waals surface area contributed by atoms with Crippen molar-refractivity contribution in [2.45, 2.75) is 44.0 Å². The van der Waals surface area contributed by atoms with Gasteiger partial charge in [-0.2, -0.15) is 26.3 Å². The Kier molecular flexibility index (Phi) is 5.47. The highest BCUT2D eigenvalue weighted by Crippen LogP contribution is 2.42. The monoisotopic (exact) mass is 458 g/mol. The zero-order valence-corrected chi connectivity index (χ0v) is 16.3. The maximum Gasteiger partial charge on any atom is 0.421 e. The first-order chi connectivity index (χ1) is 15.0. The van der Waals surface area contributed by atoms with Crippen LogP contribution in [0.3, 0.4) is 0 Å². The Morgan fingerprint density at radius 3 is 2.50 bits per heavy atom. The molecule has 32 heavy (non-hydrogen) atoms. The summed E-state index contributed by atoms with van der Waals surface area (Å²) in [5.74, 6) is -4.00. The first-order valence-electron chi connectivity index (χ1n) is 9.57. The van der Waals surface area contributed by atoms with Crippen LogP contribution in [0.25, 0.3) is 11.6 Å². The summed E-state index contributed by atoms with van der Waals surface area (Å²) in [6, 6.07) is 6.83. The smallest absolute Gasteiger partial charge is 0.421 e. The molecule has 12 heteroatoms. The minimum Gasteiger partial charge on any atom is -0.438 e. The molecular formula is C20H16F6N4O2. The fraction of sp³-hybridized carbons (Fsp3) is 0.350. The summed E-state index contributed by atoms with van der Waals surface area (Å²) in [6.45, 7) is 0. The zero-order chi connectivity index (χ0) is 23.1. The normalized spacial score (nSPS) is 17.2. The average Bonchev–Trinajstić information content (AvgIpc) is 3.16. The Balaban J connectivity index is 1.88. The molecule has 3 aromatic rings. The number of hydrogen-bond acceptors (Lipinski definition) is 6. The molecule has 0 saturated heterocycles. The number of ether oxygens (including phenoxy) is 1. The molecule has 0 saturated carbocycles. The van der Waals surface area contributed by atoms with Crippen molar-refractivity contribution < 1.29 is 35.5 Å². The molecule has 6 nitrogen and oxygen atoms in total. The second kappa shape index (κ2) is 7.99. The Morgan fingerprint density at radius 2 is 1.78 bits per heavy atom. The Labute approximate surface area is 177 Å². The number of aryl methyl sites for hydroxylation is 1. The van der Waals surface area contributed by atoms with Gasteiger partial charge in [0.2, 0.25) is 11.8 Å². The van der Waals surface area contributed by atoms with Crippen molar-refractivity contribution >= 4 is 5.69 Å². The number of alkyl halides is 6. The van der Waals surface area contributed by atoms with Gasteiger partial charge < -0.3 is 14.9 Å². The number of aromatic nitrogens is 3. The molecule has 0 radical (unpaired) electrons. The van der Waals surface area contributed by atoms with E-state index in [1.807, 2.05) is 0 Å². The van der Waals surface area contributed by atoms with E-state index in [1.165, 1.54) is 12.1 Å². The number of nitrogen functional groups attached to an aromatic ring is 1. The molecule has 1 unspecified atom stereocenters. The quantitative estimate of drug-likeness (QED) is 0.422. The fourth-order valence-electron chi connectivity index (χ4n) is 3.42. The van der Waals surface area contributed by atoms with Crippen LogP contribution in [0.1, 0.15) is 42.2 Å². The number of nitrogens with zero attached hydrogens (tertiary/aromatic N) is 3. The van der Waals surface area contributed by atoms with E-state index in [4.69, 9.17) is 14.9 Å². The predicted molar refractivity (Wildman–Crippen MR) is 99.8 cm³/mol. The third-order valence-electron chi connectivity index (χ3n) is 4.98. The SMILES string of the molecule is Nc1cc(C(F)(F)F)c2nc1-c1nnc(o1)C(C(F)(F)F)CCCCc1cccc(c1)O2. The lowest BCUT2D eigenvalue weighted by Gasteiger charge is -2.16. The molecule has 1 aliphatic heterocycles. The second-order valence-corrected chi connectivity index (χ2v) is 7.31. The van der Waals surface area contributed by atoms with E-state index in [2.05, 4.69) is 15.2 Å². The summed E-state index contributed by atoms with van der Waals surface area (Å²) in [5.41, 5.74) is 4.26. The number of anilines is 1. The molecule has 0 amide bonds. The molecule has 1 atom stereocenters. The van der Waals surface area contributed by atoms with Crippen LogP contribution in [0.15, 0.2) is 34.7 Å². The van der Waals surface area contributed by atoms with Crippen LogP contribution in [0.4, 0.5) is 32.0 Å². The van der Waals surface area contributed by atoms with Gasteiger partial charge in [0.25, 0.3) is 5.89 Å². The highest BCUT2D eigenvalue weighted by molar-refractivity contribution is 5.68. The van der Waals surface area contributed by atoms with Crippen molar-refractivity contribution in [3.63, 3.8) is 0 Å². The second-order valence-electron chi connectivity index (χ2n) is 7.31. The fourth-order valence-corrected chi connectivity index (χ4v) is 3.42. The lowest BCUT2D eigenvalue weighted by molar-refractivity contribution is -0.156. The summed E-state index contributed by atoms with van der Waals surface area (Å²) in [5, 5.41) is 7.01. The summed E-state index contributed by atoms with van der Waals surface area (Å²) in [7, 11) is 0. The maximum absolute atomic E-state index is 13.6. The molecule has 0 aliphatic carbocycles. The Bertz CT molecular complexity index is 1130. The minimum absolute atomic E-state index is 0.0884. The van der Waals surface area contributed by atoms with Crippen LogP contribution in [-0.2, 0) is 12.6 Å². The molecule has 4 rings (SSSR count). The zero-order valence-electron chi connectivity index (χ0n) is 16.3. The van der Waals surface area contributed by atoms with Gasteiger partial charge in [-0.05, 0) is 43.0 Å². The van der Waals surface area contributed by atoms with E-state index in [-0.39, 0.29) is 18.6 Å². The third-order valence-corrected chi connectivity index (χ3v) is 4.98. The molecule has 6 bridgehead atoms. The van der Waals surface area contributed by atoms with E-state index < -0.39 is 52.9 Å². The number of pyridine rings is 1. The van der Waals surface area contributed by atoms with Crippen LogP contribution >= 0.6 is 0 Å². The lowest BCUT2D eigenvalue weighted by atomic mass is 9.99. The first kappa shape index (κ1) is 21.9. The van der Waals surface area contributed by atoms with Crippen LogP contribution in [-0.4, -0.2) is 21.4 Å². The van der Waals surface area contributed by atoms with Crippen molar-refractivity contribution in [3.8, 4) is 23.2 Å². The number of fused-ring (bicyclic) bond motifs is 7. The molecule has 2 aromatic heterocycles. The largest absolute Gasteiger partial charge is 0.438 e. The highest BCUT2D eigenvalue weighted by atomic mass is 19.4. The van der Waals surface area contributed by atoms with Crippen molar-refractivity contribution in [1.82, 2.24) is 15.2 Å². The van der Waals surface area contributed by atoms with Gasteiger partial charge in [-0.3, -0.25) is 0 Å². The summed E-state index contributed by atoms with van der Waals surface area (Å²) in [6.07, 6.45) is -8.77. The Hall–Kier alpha value is -3.31. The molecule has 1 aliphatic rings. The van der Waals surface area contributed by atoms with Gasteiger partial charge in [-0.1, -0.05) is 18.6 Å². The molecule has 2 N–H and O–H groups in total. The van der Waals surface area contributed by atoms with Gasteiger partial charge in [0.1, 0.15) is 17.2 Å². The van der Waals surface area contributed by atoms with Crippen molar-refractivity contribution in [2.75, 3.05) is 5.73 Å². The minimum atomic E-state index is -4.85. The topological polar surface area (TPSA) is 87.1 Å². The number of hydrogen-bond donors (Lipinski definition) is 1. The number of benzene rings is 1. The van der Waals surface area contributed by atoms with Crippen LogP contribution in [0.2, 0.25) is 0 Å². The number of halogens is 6. The molecule has 1 aromatic carbocycles. The average molecular weight is 458 g/mol. The predicted octanol–water partition coefficient (Wildman–Crippen LogP) is 5.90. The summed E-state index contributed by atoms with van der Waals surface area (Å²) < 4.78 is 92.0. The summed E-state index contributed by atoms with van der Waals surface area (Å²) >= 11 is 0. The van der Waals surface area contributed by atoms with Crippen molar-refractivity contribution in [1.29, 1.82) is 0 Å². The van der Waals surface area contributed by atoms with Gasteiger partial charge in [0.15, 0.2) is 5.69 Å². The first-order valence-corrected chi connectivity index (χ1v) is 9.57. The third kappa shape index (κ3) is 4.48. The van der Waals surface area contributed by atoms with Crippen LogP contribution in [0.5, 0.6) is 11.6 Å². The Morgan fingerprint density at radius 1 is 1.00 bits per heavy atom. The van der Waals surface area contributed by atoms with Crippen LogP contribution in [0, 0.1) is 0 Å². The van der Waals surface area contributed by atoms with Crippen molar-refractivity contribution in [3.05, 3.63) is 47.3 Å². The van der Waals surface area contributed by atoms with Gasteiger partial charge in [0.05, 0.1) is 5.69 Å². The van der Waals surface area contributed by atoms with E-state index in [1.54, 1.807) is 12.1 Å². The standard InChI is InChI=1S/C20H16F6N4O2/c21-19(22,23)12-7-2-1-4-10-5-3-6-11(8-10)31-16-13(20(24,25)26)9-14(27)15(28-16)18-30-29-17(12)32-18/h3,5-6,8-9,12H,1-2,4,7,27H2. The van der Waals surface area contributed by atoms with Gasteiger partial charge >= 0.3 is 12.4 Å². The van der Waals surface area contributed by atoms with E-state index >= 15 is 0 Å². The number of nitrogens with two attached hydrogens (primary N) is 1.